The van der Waals surface area contributed by atoms with Crippen LogP contribution in [0, 0.1) is 0 Å². The van der Waals surface area contributed by atoms with Gasteiger partial charge in [0.05, 0.1) is 24.3 Å². The van der Waals surface area contributed by atoms with Crippen LogP contribution in [0.25, 0.3) is 5.69 Å². The summed E-state index contributed by atoms with van der Waals surface area (Å²) in [5.74, 6) is 1.33. The molecule has 0 unspecified atom stereocenters. The summed E-state index contributed by atoms with van der Waals surface area (Å²) >= 11 is 0. The molecule has 1 saturated heterocycles. The van der Waals surface area contributed by atoms with E-state index in [4.69, 9.17) is 4.74 Å². The van der Waals surface area contributed by atoms with Crippen molar-refractivity contribution >= 4 is 9.84 Å². The first-order chi connectivity index (χ1) is 11.5. The van der Waals surface area contributed by atoms with E-state index < -0.39 is 9.84 Å². The van der Waals surface area contributed by atoms with Gasteiger partial charge in [-0.15, -0.1) is 0 Å². The van der Waals surface area contributed by atoms with E-state index in [-0.39, 0.29) is 17.5 Å². The molecule has 0 aliphatic carbocycles. The molecule has 2 aromatic rings. The van der Waals surface area contributed by atoms with Crippen LogP contribution in [-0.2, 0) is 16.4 Å². The summed E-state index contributed by atoms with van der Waals surface area (Å²) in [4.78, 5) is 2.23. The molecule has 7 heteroatoms. The van der Waals surface area contributed by atoms with E-state index in [2.05, 4.69) is 16.9 Å². The summed E-state index contributed by atoms with van der Waals surface area (Å²) in [6, 6.07) is 7.87. The Morgan fingerprint density at radius 1 is 1.42 bits per heavy atom. The SMILES string of the molecule is CCN(Cc1cc(OC)ccc1-n1cccn1)[C@H]1CCS(=O)(=O)C1. The van der Waals surface area contributed by atoms with E-state index in [9.17, 15) is 8.42 Å². The molecule has 1 atom stereocenters. The third kappa shape index (κ3) is 3.62. The fourth-order valence-electron chi connectivity index (χ4n) is 3.23. The number of nitrogens with zero attached hydrogens (tertiary/aromatic N) is 3. The molecule has 0 N–H and O–H groups in total. The molecule has 1 aromatic carbocycles. The number of benzene rings is 1. The highest BCUT2D eigenvalue weighted by atomic mass is 32.2. The van der Waals surface area contributed by atoms with Gasteiger partial charge in [-0.25, -0.2) is 13.1 Å². The molecule has 1 aromatic heterocycles. The summed E-state index contributed by atoms with van der Waals surface area (Å²) in [6.07, 6.45) is 4.36. The number of methoxy groups -OCH3 is 1. The maximum Gasteiger partial charge on any atom is 0.151 e. The van der Waals surface area contributed by atoms with Gasteiger partial charge in [-0.05, 0) is 42.8 Å². The van der Waals surface area contributed by atoms with Crippen LogP contribution < -0.4 is 4.74 Å². The number of sulfone groups is 1. The number of hydrogen-bond acceptors (Lipinski definition) is 5. The molecule has 6 nitrogen and oxygen atoms in total. The molecule has 1 aliphatic rings. The van der Waals surface area contributed by atoms with Crippen LogP contribution in [0.15, 0.2) is 36.7 Å². The lowest BCUT2D eigenvalue weighted by atomic mass is 10.1. The van der Waals surface area contributed by atoms with Crippen LogP contribution in [0.5, 0.6) is 5.75 Å². The first kappa shape index (κ1) is 17.0. The molecule has 0 bridgehead atoms. The molecule has 0 radical (unpaired) electrons. The molecule has 2 heterocycles. The van der Waals surface area contributed by atoms with Crippen molar-refractivity contribution < 1.29 is 13.2 Å². The van der Waals surface area contributed by atoms with Crippen molar-refractivity contribution in [3.63, 3.8) is 0 Å². The van der Waals surface area contributed by atoms with Crippen LogP contribution in [-0.4, -0.2) is 54.3 Å². The molecular formula is C17H23N3O3S. The van der Waals surface area contributed by atoms with Crippen molar-refractivity contribution in [1.82, 2.24) is 14.7 Å². The average molecular weight is 349 g/mol. The molecule has 0 spiro atoms. The molecule has 1 fully saturated rings. The van der Waals surface area contributed by atoms with Gasteiger partial charge in [-0.3, -0.25) is 4.90 Å². The monoisotopic (exact) mass is 349 g/mol. The summed E-state index contributed by atoms with van der Waals surface area (Å²) in [7, 11) is -1.25. The minimum atomic E-state index is -2.89. The van der Waals surface area contributed by atoms with E-state index in [0.29, 0.717) is 13.0 Å². The van der Waals surface area contributed by atoms with Gasteiger partial charge in [0.25, 0.3) is 0 Å². The molecule has 1 aliphatic heterocycles. The van der Waals surface area contributed by atoms with E-state index in [1.807, 2.05) is 35.1 Å². The van der Waals surface area contributed by atoms with Crippen LogP contribution in [0.4, 0.5) is 0 Å². The molecular weight excluding hydrogens is 326 g/mol. The Labute approximate surface area is 143 Å². The molecule has 130 valence electrons. The van der Waals surface area contributed by atoms with Gasteiger partial charge in [0.2, 0.25) is 0 Å². The topological polar surface area (TPSA) is 64.4 Å². The van der Waals surface area contributed by atoms with Crippen LogP contribution in [0.1, 0.15) is 18.9 Å². The lowest BCUT2D eigenvalue weighted by molar-refractivity contribution is 0.214. The Bertz CT molecular complexity index is 787. The van der Waals surface area contributed by atoms with Crippen LogP contribution >= 0.6 is 0 Å². The largest absolute Gasteiger partial charge is 0.497 e. The quantitative estimate of drug-likeness (QED) is 0.797. The van der Waals surface area contributed by atoms with E-state index in [1.165, 1.54) is 0 Å². The highest BCUT2D eigenvalue weighted by Crippen LogP contribution is 2.25. The second kappa shape index (κ2) is 6.94. The van der Waals surface area contributed by atoms with Crippen molar-refractivity contribution in [3.8, 4) is 11.4 Å². The van der Waals surface area contributed by atoms with Gasteiger partial charge in [0.15, 0.2) is 9.84 Å². The van der Waals surface area contributed by atoms with E-state index in [1.54, 1.807) is 13.3 Å². The van der Waals surface area contributed by atoms with E-state index in [0.717, 1.165) is 23.5 Å². The third-order valence-corrected chi connectivity index (χ3v) is 6.29. The lowest BCUT2D eigenvalue weighted by Gasteiger charge is -2.27. The molecule has 0 saturated carbocycles. The zero-order valence-electron chi connectivity index (χ0n) is 14.1. The van der Waals surface area contributed by atoms with Gasteiger partial charge in [0.1, 0.15) is 5.75 Å². The first-order valence-electron chi connectivity index (χ1n) is 8.14. The Balaban J connectivity index is 1.89. The lowest BCUT2D eigenvalue weighted by Crippen LogP contribution is -2.35. The smallest absolute Gasteiger partial charge is 0.151 e. The predicted molar refractivity (Wildman–Crippen MR) is 93.3 cm³/mol. The number of aromatic nitrogens is 2. The second-order valence-electron chi connectivity index (χ2n) is 6.07. The van der Waals surface area contributed by atoms with Crippen molar-refractivity contribution in [2.24, 2.45) is 0 Å². The predicted octanol–water partition coefficient (Wildman–Crippen LogP) is 1.89. The first-order valence-corrected chi connectivity index (χ1v) is 9.96. The maximum atomic E-state index is 11.8. The molecule has 24 heavy (non-hydrogen) atoms. The number of ether oxygens (including phenoxy) is 1. The Kier molecular flexibility index (Phi) is 4.91. The second-order valence-corrected chi connectivity index (χ2v) is 8.29. The summed E-state index contributed by atoms with van der Waals surface area (Å²) in [5, 5.41) is 4.32. The third-order valence-electron chi connectivity index (χ3n) is 4.54. The van der Waals surface area contributed by atoms with Gasteiger partial charge < -0.3 is 4.74 Å². The summed E-state index contributed by atoms with van der Waals surface area (Å²) in [6.45, 7) is 3.54. The van der Waals surface area contributed by atoms with Crippen molar-refractivity contribution in [2.75, 3.05) is 25.2 Å². The van der Waals surface area contributed by atoms with Gasteiger partial charge in [0, 0.05) is 25.0 Å². The number of hydrogen-bond donors (Lipinski definition) is 0. The van der Waals surface area contributed by atoms with Crippen molar-refractivity contribution in [1.29, 1.82) is 0 Å². The minimum Gasteiger partial charge on any atom is -0.497 e. The Morgan fingerprint density at radius 3 is 2.83 bits per heavy atom. The standard InChI is InChI=1S/C17H23N3O3S/c1-3-19(15-7-10-24(21,22)13-15)12-14-11-16(23-2)5-6-17(14)20-9-4-8-18-20/h4-6,8-9,11,15H,3,7,10,12-13H2,1-2H3/t15-/m0/s1. The average Bonchev–Trinajstić information content (AvgIpc) is 3.21. The van der Waals surface area contributed by atoms with Crippen LogP contribution in [0.3, 0.4) is 0 Å². The summed E-state index contributed by atoms with van der Waals surface area (Å²) in [5.41, 5.74) is 2.06. The van der Waals surface area contributed by atoms with Gasteiger partial charge in [-0.1, -0.05) is 6.92 Å². The Morgan fingerprint density at radius 2 is 2.25 bits per heavy atom. The zero-order valence-corrected chi connectivity index (χ0v) is 14.9. The highest BCUT2D eigenvalue weighted by molar-refractivity contribution is 7.91. The summed E-state index contributed by atoms with van der Waals surface area (Å²) < 4.78 is 30.8. The number of rotatable bonds is 6. The Hall–Kier alpha value is -1.86. The zero-order chi connectivity index (χ0) is 17.2. The van der Waals surface area contributed by atoms with E-state index >= 15 is 0 Å². The fourth-order valence-corrected chi connectivity index (χ4v) is 4.99. The van der Waals surface area contributed by atoms with Gasteiger partial charge >= 0.3 is 0 Å². The van der Waals surface area contributed by atoms with Crippen molar-refractivity contribution in [2.45, 2.75) is 25.9 Å². The maximum absolute atomic E-state index is 11.8. The minimum absolute atomic E-state index is 0.0803. The molecule has 3 rings (SSSR count). The molecule has 0 amide bonds. The van der Waals surface area contributed by atoms with Crippen LogP contribution in [0.2, 0.25) is 0 Å². The van der Waals surface area contributed by atoms with Gasteiger partial charge in [-0.2, -0.15) is 5.10 Å². The fraction of sp³-hybridized carbons (Fsp3) is 0.471. The highest BCUT2D eigenvalue weighted by Gasteiger charge is 2.31. The van der Waals surface area contributed by atoms with Crippen molar-refractivity contribution in [3.05, 3.63) is 42.2 Å². The normalized spacial score (nSPS) is 19.7.